The van der Waals surface area contributed by atoms with E-state index < -0.39 is 42.0 Å². The lowest BCUT2D eigenvalue weighted by Crippen LogP contribution is -2.47. The molecule has 2 rings (SSSR count). The number of carbonyl (C=O) groups excluding carboxylic acids is 1. The summed E-state index contributed by atoms with van der Waals surface area (Å²) in [4.78, 5) is 37.0. The maximum absolute atomic E-state index is 13.0. The van der Waals surface area contributed by atoms with Crippen molar-refractivity contribution in [2.24, 2.45) is 5.41 Å². The largest absolute Gasteiger partial charge is 0.481 e. The van der Waals surface area contributed by atoms with Crippen LogP contribution in [0.2, 0.25) is 0 Å². The lowest BCUT2D eigenvalue weighted by atomic mass is 9.86. The third kappa shape index (κ3) is 2.50. The lowest BCUT2D eigenvalue weighted by molar-refractivity contribution is -0.227. The predicted octanol–water partition coefficient (Wildman–Crippen LogP) is 0.854. The maximum Gasteiger partial charge on any atom is 0.406 e. The van der Waals surface area contributed by atoms with Crippen molar-refractivity contribution in [2.45, 2.75) is 12.6 Å². The molecule has 2 N–H and O–H groups in total. The highest BCUT2D eigenvalue weighted by Crippen LogP contribution is 2.45. The van der Waals surface area contributed by atoms with Gasteiger partial charge in [-0.3, -0.25) is 14.4 Å². The van der Waals surface area contributed by atoms with E-state index in [4.69, 9.17) is 5.11 Å². The van der Waals surface area contributed by atoms with Crippen LogP contribution >= 0.6 is 0 Å². The molecule has 0 saturated carbocycles. The molecule has 0 bridgehead atoms. The number of aliphatic carboxylic acids is 1. The Morgan fingerprint density at radius 2 is 2.00 bits per heavy atom. The summed E-state index contributed by atoms with van der Waals surface area (Å²) in [7, 11) is 0. The summed E-state index contributed by atoms with van der Waals surface area (Å²) < 4.78 is 39.0. The first kappa shape index (κ1) is 15.1. The summed E-state index contributed by atoms with van der Waals surface area (Å²) in [5.74, 6) is -2.75. The van der Waals surface area contributed by atoms with Gasteiger partial charge in [-0.2, -0.15) is 13.2 Å². The number of H-pyrrole nitrogens is 1. The number of hydrogen-bond acceptors (Lipinski definition) is 3. The normalized spacial score (nSPS) is 22.3. The minimum absolute atomic E-state index is 0.00189. The highest BCUT2D eigenvalue weighted by molar-refractivity contribution is 5.94. The van der Waals surface area contributed by atoms with Gasteiger partial charge in [-0.1, -0.05) is 0 Å². The zero-order chi connectivity index (χ0) is 15.8. The fourth-order valence-corrected chi connectivity index (χ4v) is 2.24. The molecular formula is C12H11F3N2O4. The third-order valence-corrected chi connectivity index (χ3v) is 3.54. The van der Waals surface area contributed by atoms with Crippen molar-refractivity contribution in [2.75, 3.05) is 13.1 Å². The smallest absolute Gasteiger partial charge is 0.406 e. The van der Waals surface area contributed by atoms with E-state index in [1.165, 1.54) is 6.07 Å². The van der Waals surface area contributed by atoms with E-state index in [1.807, 2.05) is 0 Å². The minimum atomic E-state index is -4.95. The molecule has 1 aliphatic heterocycles. The number of alkyl halides is 3. The number of hydrogen-bond donors (Lipinski definition) is 2. The van der Waals surface area contributed by atoms with E-state index in [9.17, 15) is 27.6 Å². The van der Waals surface area contributed by atoms with E-state index in [-0.39, 0.29) is 12.1 Å². The molecule has 1 atom stereocenters. The highest BCUT2D eigenvalue weighted by atomic mass is 19.4. The van der Waals surface area contributed by atoms with Crippen molar-refractivity contribution in [3.63, 3.8) is 0 Å². The van der Waals surface area contributed by atoms with E-state index in [0.717, 1.165) is 17.2 Å². The molecular weight excluding hydrogens is 293 g/mol. The molecule has 1 unspecified atom stereocenters. The van der Waals surface area contributed by atoms with Gasteiger partial charge in [0.05, 0.1) is 5.56 Å². The van der Waals surface area contributed by atoms with Gasteiger partial charge in [0.1, 0.15) is 0 Å². The van der Waals surface area contributed by atoms with Crippen molar-refractivity contribution >= 4 is 11.9 Å². The number of aromatic amines is 1. The Bertz CT molecular complexity index is 620. The molecule has 21 heavy (non-hydrogen) atoms. The summed E-state index contributed by atoms with van der Waals surface area (Å²) in [6.45, 7) is -1.26. The zero-order valence-electron chi connectivity index (χ0n) is 10.6. The van der Waals surface area contributed by atoms with Gasteiger partial charge < -0.3 is 15.0 Å². The third-order valence-electron chi connectivity index (χ3n) is 3.54. The number of likely N-dealkylation sites (tertiary alicyclic amines) is 1. The maximum atomic E-state index is 13.0. The molecule has 0 aliphatic carbocycles. The number of pyridine rings is 1. The lowest BCUT2D eigenvalue weighted by Gasteiger charge is -2.27. The summed E-state index contributed by atoms with van der Waals surface area (Å²) in [6, 6.07) is 2.24. The summed E-state index contributed by atoms with van der Waals surface area (Å²) >= 11 is 0. The van der Waals surface area contributed by atoms with Crippen molar-refractivity contribution in [3.05, 3.63) is 34.2 Å². The van der Waals surface area contributed by atoms with Crippen LogP contribution in [0.25, 0.3) is 0 Å². The number of amides is 1. The monoisotopic (exact) mass is 304 g/mol. The SMILES string of the molecule is O=C(c1ccc(=O)[nH]c1)N1CCC(C(=O)O)(C(F)(F)F)C1. The number of nitrogens with zero attached hydrogens (tertiary/aromatic N) is 1. The molecule has 1 aliphatic rings. The van der Waals surface area contributed by atoms with E-state index in [2.05, 4.69) is 4.98 Å². The summed E-state index contributed by atoms with van der Waals surface area (Å²) in [5.41, 5.74) is -3.40. The van der Waals surface area contributed by atoms with Gasteiger partial charge >= 0.3 is 12.1 Å². The van der Waals surface area contributed by atoms with Crippen LogP contribution in [0.1, 0.15) is 16.8 Å². The quantitative estimate of drug-likeness (QED) is 0.847. The number of carboxylic acids is 1. The van der Waals surface area contributed by atoms with Crippen LogP contribution in [0.3, 0.4) is 0 Å². The molecule has 6 nitrogen and oxygen atoms in total. The first-order valence-electron chi connectivity index (χ1n) is 5.95. The zero-order valence-corrected chi connectivity index (χ0v) is 10.6. The fraction of sp³-hybridized carbons (Fsp3) is 0.417. The Hall–Kier alpha value is -2.32. The van der Waals surface area contributed by atoms with Crippen molar-refractivity contribution in [1.82, 2.24) is 9.88 Å². The van der Waals surface area contributed by atoms with Crippen molar-refractivity contribution in [1.29, 1.82) is 0 Å². The van der Waals surface area contributed by atoms with Gasteiger partial charge in [-0.25, -0.2) is 0 Å². The average Bonchev–Trinajstić information content (AvgIpc) is 2.84. The van der Waals surface area contributed by atoms with Gasteiger partial charge in [0.25, 0.3) is 5.91 Å². The van der Waals surface area contributed by atoms with E-state index in [1.54, 1.807) is 0 Å². The van der Waals surface area contributed by atoms with Gasteiger partial charge in [0.2, 0.25) is 5.56 Å². The minimum Gasteiger partial charge on any atom is -0.481 e. The standard InChI is InChI=1S/C12H11F3N2O4/c13-12(14,15)11(10(20)21)3-4-17(6-11)9(19)7-1-2-8(18)16-5-7/h1-2,5H,3-4,6H2,(H,16,18)(H,20,21). The van der Waals surface area contributed by atoms with Crippen LogP contribution in [-0.4, -0.2) is 46.1 Å². The molecule has 1 amide bonds. The number of nitrogens with one attached hydrogen (secondary N) is 1. The number of carbonyl (C=O) groups is 2. The Kier molecular flexibility index (Phi) is 3.52. The van der Waals surface area contributed by atoms with Gasteiger partial charge in [0.15, 0.2) is 5.41 Å². The second-order valence-electron chi connectivity index (χ2n) is 4.80. The van der Waals surface area contributed by atoms with Crippen LogP contribution in [0, 0.1) is 5.41 Å². The Morgan fingerprint density at radius 3 is 2.43 bits per heavy atom. The summed E-state index contributed by atoms with van der Waals surface area (Å²) in [6.07, 6.45) is -4.56. The second kappa shape index (κ2) is 4.90. The van der Waals surface area contributed by atoms with E-state index >= 15 is 0 Å². The molecule has 0 radical (unpaired) electrons. The molecule has 1 aromatic rings. The Morgan fingerprint density at radius 1 is 1.33 bits per heavy atom. The highest BCUT2D eigenvalue weighted by Gasteiger charge is 2.64. The Labute approximate surface area is 116 Å². The Balaban J connectivity index is 2.25. The number of aromatic nitrogens is 1. The molecule has 114 valence electrons. The molecule has 0 spiro atoms. The molecule has 9 heteroatoms. The van der Waals surface area contributed by atoms with Crippen molar-refractivity contribution in [3.8, 4) is 0 Å². The molecule has 0 aromatic carbocycles. The van der Waals surface area contributed by atoms with Crippen LogP contribution in [0.15, 0.2) is 23.1 Å². The molecule has 1 saturated heterocycles. The van der Waals surface area contributed by atoms with Crippen LogP contribution < -0.4 is 5.56 Å². The molecule has 2 heterocycles. The number of carboxylic acid groups (broad SMARTS) is 1. The first-order valence-corrected chi connectivity index (χ1v) is 5.95. The predicted molar refractivity (Wildman–Crippen MR) is 63.7 cm³/mol. The van der Waals surface area contributed by atoms with Crippen LogP contribution in [-0.2, 0) is 4.79 Å². The van der Waals surface area contributed by atoms with E-state index in [0.29, 0.717) is 0 Å². The van der Waals surface area contributed by atoms with Gasteiger partial charge in [-0.15, -0.1) is 0 Å². The van der Waals surface area contributed by atoms with Crippen molar-refractivity contribution < 1.29 is 27.9 Å². The molecule has 1 aromatic heterocycles. The fourth-order valence-electron chi connectivity index (χ4n) is 2.24. The number of rotatable bonds is 2. The number of halogens is 3. The topological polar surface area (TPSA) is 90.5 Å². The average molecular weight is 304 g/mol. The van der Waals surface area contributed by atoms with Crippen LogP contribution in [0.5, 0.6) is 0 Å². The molecule has 1 fully saturated rings. The van der Waals surface area contributed by atoms with Crippen LogP contribution in [0.4, 0.5) is 13.2 Å². The first-order chi connectivity index (χ1) is 9.67. The summed E-state index contributed by atoms with van der Waals surface area (Å²) in [5, 5.41) is 8.90. The second-order valence-corrected chi connectivity index (χ2v) is 4.80. The van der Waals surface area contributed by atoms with Gasteiger partial charge in [0, 0.05) is 25.4 Å². The van der Waals surface area contributed by atoms with Gasteiger partial charge in [-0.05, 0) is 12.5 Å².